The summed E-state index contributed by atoms with van der Waals surface area (Å²) in [5, 5.41) is 4.70. The van der Waals surface area contributed by atoms with Gasteiger partial charge in [-0.3, -0.25) is 0 Å². The summed E-state index contributed by atoms with van der Waals surface area (Å²) in [4.78, 5) is 4.16. The second-order valence-corrected chi connectivity index (χ2v) is 5.13. The van der Waals surface area contributed by atoms with Crippen LogP contribution in [0.4, 0.5) is 19.0 Å². The number of nitrogens with one attached hydrogen (secondary N) is 1. The van der Waals surface area contributed by atoms with Gasteiger partial charge in [-0.15, -0.1) is 0 Å². The van der Waals surface area contributed by atoms with Crippen molar-refractivity contribution in [3.63, 3.8) is 0 Å². The molecular formula is C13H13F3N2OS. The summed E-state index contributed by atoms with van der Waals surface area (Å²) >= 11 is -0.0491. The van der Waals surface area contributed by atoms with Gasteiger partial charge in [0.25, 0.3) is 0 Å². The van der Waals surface area contributed by atoms with Gasteiger partial charge in [-0.05, 0) is 35.3 Å². The molecule has 0 radical (unpaired) electrons. The molecule has 0 aliphatic carbocycles. The van der Waals surface area contributed by atoms with Gasteiger partial charge >= 0.3 is 5.51 Å². The molecule has 0 fully saturated rings. The zero-order valence-corrected chi connectivity index (χ0v) is 11.5. The van der Waals surface area contributed by atoms with Gasteiger partial charge in [0.15, 0.2) is 0 Å². The average Bonchev–Trinajstić information content (AvgIpc) is 2.42. The lowest BCUT2D eigenvalue weighted by Crippen LogP contribution is -2.10. The minimum atomic E-state index is -4.20. The minimum Gasteiger partial charge on any atom is -0.497 e. The van der Waals surface area contributed by atoms with Gasteiger partial charge in [0.05, 0.1) is 7.11 Å². The summed E-state index contributed by atoms with van der Waals surface area (Å²) in [6.45, 7) is 0.188. The Balaban J connectivity index is 2.09. The Morgan fingerprint density at radius 3 is 2.80 bits per heavy atom. The van der Waals surface area contributed by atoms with Crippen molar-refractivity contribution in [2.24, 2.45) is 0 Å². The monoisotopic (exact) mass is 302 g/mol. The van der Waals surface area contributed by atoms with Crippen LogP contribution >= 0.6 is 11.8 Å². The first-order chi connectivity index (χ1) is 9.49. The van der Waals surface area contributed by atoms with Crippen LogP contribution in [0.5, 0.6) is 5.75 Å². The highest BCUT2D eigenvalue weighted by Crippen LogP contribution is 2.30. The normalized spacial score (nSPS) is 11.6. The van der Waals surface area contributed by atoms with E-state index in [0.29, 0.717) is 11.6 Å². The first kappa shape index (κ1) is 14.8. The van der Waals surface area contributed by atoms with Crippen LogP contribution in [0.2, 0.25) is 0 Å². The Bertz CT molecular complexity index is 589. The first-order valence-electron chi connectivity index (χ1n) is 5.87. The van der Waals surface area contributed by atoms with Crippen LogP contribution in [0, 0.1) is 0 Å². The number of hydrogen-bond acceptors (Lipinski definition) is 4. The second-order valence-electron chi connectivity index (χ2n) is 3.97. The summed E-state index contributed by atoms with van der Waals surface area (Å²) < 4.78 is 41.2. The molecule has 3 nitrogen and oxygen atoms in total. The molecule has 1 heterocycles. The number of rotatable bonds is 5. The minimum absolute atomic E-state index is 0.0491. The number of halogens is 3. The van der Waals surface area contributed by atoms with E-state index in [1.54, 1.807) is 13.3 Å². The Labute approximate surface area is 118 Å². The number of fused-ring (bicyclic) bond motifs is 1. The molecule has 0 aliphatic heterocycles. The molecule has 1 N–H and O–H groups in total. The van der Waals surface area contributed by atoms with Gasteiger partial charge in [-0.2, -0.15) is 13.2 Å². The number of alkyl halides is 3. The van der Waals surface area contributed by atoms with Gasteiger partial charge < -0.3 is 10.1 Å². The van der Waals surface area contributed by atoms with Crippen molar-refractivity contribution >= 4 is 28.4 Å². The zero-order chi connectivity index (χ0) is 14.6. The molecule has 0 spiro atoms. The van der Waals surface area contributed by atoms with E-state index in [4.69, 9.17) is 4.74 Å². The topological polar surface area (TPSA) is 34.1 Å². The van der Waals surface area contributed by atoms with E-state index in [9.17, 15) is 13.2 Å². The lowest BCUT2D eigenvalue weighted by Gasteiger charge is -2.10. The van der Waals surface area contributed by atoms with E-state index in [0.717, 1.165) is 10.8 Å². The SMILES string of the molecule is COc1ccc2ccnc(NCCSC(F)(F)F)c2c1. The number of nitrogens with zero attached hydrogens (tertiary/aromatic N) is 1. The standard InChI is InChI=1S/C13H13F3N2OS/c1-19-10-3-2-9-4-5-17-12(11(9)8-10)18-6-7-20-13(14,15)16/h2-5,8H,6-7H2,1H3,(H,17,18). The predicted molar refractivity (Wildman–Crippen MR) is 75.3 cm³/mol. The highest BCUT2D eigenvalue weighted by Gasteiger charge is 2.27. The molecule has 2 aromatic rings. The molecule has 7 heteroatoms. The third kappa shape index (κ3) is 3.93. The molecule has 0 amide bonds. The van der Waals surface area contributed by atoms with Crippen LogP contribution in [-0.2, 0) is 0 Å². The van der Waals surface area contributed by atoms with Gasteiger partial charge in [-0.1, -0.05) is 6.07 Å². The van der Waals surface area contributed by atoms with Gasteiger partial charge in [-0.25, -0.2) is 4.98 Å². The fourth-order valence-corrected chi connectivity index (χ4v) is 2.19. The lowest BCUT2D eigenvalue weighted by atomic mass is 10.1. The summed E-state index contributed by atoms with van der Waals surface area (Å²) in [6.07, 6.45) is 1.62. The van der Waals surface area contributed by atoms with Crippen molar-refractivity contribution in [3.05, 3.63) is 30.5 Å². The van der Waals surface area contributed by atoms with E-state index >= 15 is 0 Å². The molecule has 0 saturated heterocycles. The predicted octanol–water partition coefficient (Wildman–Crippen LogP) is 3.91. The summed E-state index contributed by atoms with van der Waals surface area (Å²) in [7, 11) is 1.56. The zero-order valence-electron chi connectivity index (χ0n) is 10.7. The molecule has 0 unspecified atom stereocenters. The van der Waals surface area contributed by atoms with E-state index in [2.05, 4.69) is 10.3 Å². The maximum atomic E-state index is 12.0. The number of ether oxygens (including phenoxy) is 1. The molecular weight excluding hydrogens is 289 g/mol. The van der Waals surface area contributed by atoms with Crippen LogP contribution in [0.15, 0.2) is 30.5 Å². The highest BCUT2D eigenvalue weighted by molar-refractivity contribution is 8.00. The third-order valence-electron chi connectivity index (χ3n) is 2.63. The number of pyridine rings is 1. The number of thioether (sulfide) groups is 1. The first-order valence-corrected chi connectivity index (χ1v) is 6.85. The molecule has 0 saturated carbocycles. The van der Waals surface area contributed by atoms with Crippen molar-refractivity contribution in [3.8, 4) is 5.75 Å². The molecule has 0 bridgehead atoms. The Morgan fingerprint density at radius 2 is 2.10 bits per heavy atom. The molecule has 20 heavy (non-hydrogen) atoms. The van der Waals surface area contributed by atoms with Crippen LogP contribution in [0.1, 0.15) is 0 Å². The maximum absolute atomic E-state index is 12.0. The van der Waals surface area contributed by atoms with Gasteiger partial charge in [0.1, 0.15) is 11.6 Å². The van der Waals surface area contributed by atoms with E-state index in [1.165, 1.54) is 0 Å². The molecule has 2 rings (SSSR count). The second kappa shape index (κ2) is 6.21. The van der Waals surface area contributed by atoms with Crippen LogP contribution < -0.4 is 10.1 Å². The van der Waals surface area contributed by atoms with Crippen molar-refractivity contribution in [2.75, 3.05) is 24.7 Å². The van der Waals surface area contributed by atoms with Crippen LogP contribution in [-0.4, -0.2) is 29.9 Å². The largest absolute Gasteiger partial charge is 0.497 e. The van der Waals surface area contributed by atoms with E-state index in [1.807, 2.05) is 24.3 Å². The molecule has 108 valence electrons. The average molecular weight is 302 g/mol. The maximum Gasteiger partial charge on any atom is 0.441 e. The smallest absolute Gasteiger partial charge is 0.441 e. The molecule has 0 atom stereocenters. The number of methoxy groups -OCH3 is 1. The molecule has 1 aromatic carbocycles. The summed E-state index contributed by atoms with van der Waals surface area (Å²) in [6, 6.07) is 7.35. The van der Waals surface area contributed by atoms with E-state index < -0.39 is 5.51 Å². The van der Waals surface area contributed by atoms with Gasteiger partial charge in [0, 0.05) is 23.9 Å². The van der Waals surface area contributed by atoms with Crippen molar-refractivity contribution < 1.29 is 17.9 Å². The van der Waals surface area contributed by atoms with Crippen LogP contribution in [0.3, 0.4) is 0 Å². The van der Waals surface area contributed by atoms with Crippen molar-refractivity contribution in [1.29, 1.82) is 0 Å². The number of anilines is 1. The Morgan fingerprint density at radius 1 is 1.30 bits per heavy atom. The lowest BCUT2D eigenvalue weighted by molar-refractivity contribution is -0.0327. The third-order valence-corrected chi connectivity index (χ3v) is 3.37. The fraction of sp³-hybridized carbons (Fsp3) is 0.308. The quantitative estimate of drug-likeness (QED) is 0.849. The number of hydrogen-bond donors (Lipinski definition) is 1. The van der Waals surface area contributed by atoms with Crippen LogP contribution in [0.25, 0.3) is 10.8 Å². The summed E-state index contributed by atoms with van der Waals surface area (Å²) in [5.41, 5.74) is -4.20. The highest BCUT2D eigenvalue weighted by atomic mass is 32.2. The Hall–Kier alpha value is -1.63. The summed E-state index contributed by atoms with van der Waals surface area (Å²) in [5.74, 6) is 1.17. The van der Waals surface area contributed by atoms with Crippen molar-refractivity contribution in [1.82, 2.24) is 4.98 Å². The van der Waals surface area contributed by atoms with Crippen molar-refractivity contribution in [2.45, 2.75) is 5.51 Å². The number of benzene rings is 1. The fourth-order valence-electron chi connectivity index (χ4n) is 1.75. The Kier molecular flexibility index (Phi) is 4.59. The van der Waals surface area contributed by atoms with Gasteiger partial charge in [0.2, 0.25) is 0 Å². The molecule has 1 aromatic heterocycles. The molecule has 0 aliphatic rings. The number of aromatic nitrogens is 1. The van der Waals surface area contributed by atoms with E-state index in [-0.39, 0.29) is 24.1 Å².